The smallest absolute Gasteiger partial charge is 0.253 e. The first-order valence-corrected chi connectivity index (χ1v) is 12.1. The monoisotopic (exact) mass is 478 g/mol. The molecule has 0 saturated heterocycles. The number of amides is 2. The molecule has 0 bridgehead atoms. The average Bonchev–Trinajstić information content (AvgIpc) is 2.76. The largest absolute Gasteiger partial charge is 0.508 e. The van der Waals surface area contributed by atoms with E-state index in [1.807, 2.05) is 24.5 Å². The number of aromatic hydroxyl groups is 1. The van der Waals surface area contributed by atoms with E-state index in [-0.39, 0.29) is 16.7 Å². The Morgan fingerprint density at radius 2 is 1.94 bits per heavy atom. The summed E-state index contributed by atoms with van der Waals surface area (Å²) in [5, 5.41) is 13.0. The maximum Gasteiger partial charge on any atom is 0.253 e. The van der Waals surface area contributed by atoms with Gasteiger partial charge in [-0.3, -0.25) is 9.59 Å². The number of phenolic OH excluding ortho intramolecular Hbond substituents is 1. The van der Waals surface area contributed by atoms with Crippen molar-refractivity contribution >= 4 is 52.4 Å². The lowest BCUT2D eigenvalue weighted by molar-refractivity contribution is -0.132. The molecule has 1 atom stereocenters. The Labute approximate surface area is 196 Å². The van der Waals surface area contributed by atoms with Gasteiger partial charge in [-0.05, 0) is 66.3 Å². The summed E-state index contributed by atoms with van der Waals surface area (Å²) in [7, 11) is 0. The zero-order valence-electron chi connectivity index (χ0n) is 17.1. The fourth-order valence-electron chi connectivity index (χ4n) is 3.43. The first kappa shape index (κ1) is 23.5. The van der Waals surface area contributed by atoms with Gasteiger partial charge in [0.15, 0.2) is 0 Å². The van der Waals surface area contributed by atoms with Gasteiger partial charge in [0.25, 0.3) is 5.91 Å². The summed E-state index contributed by atoms with van der Waals surface area (Å²) >= 11 is 13.7. The number of benzene rings is 2. The van der Waals surface area contributed by atoms with E-state index in [1.165, 1.54) is 6.07 Å². The van der Waals surface area contributed by atoms with E-state index in [0.29, 0.717) is 36.5 Å². The van der Waals surface area contributed by atoms with E-state index in [4.69, 9.17) is 23.2 Å². The van der Waals surface area contributed by atoms with Crippen LogP contribution in [0.5, 0.6) is 5.75 Å². The first-order chi connectivity index (χ1) is 14.9. The lowest BCUT2D eigenvalue weighted by Gasteiger charge is -2.30. The zero-order chi connectivity index (χ0) is 22.4. The average molecular weight is 479 g/mol. The van der Waals surface area contributed by atoms with Crippen LogP contribution in [0.1, 0.15) is 28.8 Å². The van der Waals surface area contributed by atoms with Gasteiger partial charge in [-0.2, -0.15) is 11.8 Å². The molecule has 5 nitrogen and oxygen atoms in total. The highest BCUT2D eigenvalue weighted by Gasteiger charge is 2.28. The summed E-state index contributed by atoms with van der Waals surface area (Å²) in [6.45, 7) is 1.04. The van der Waals surface area contributed by atoms with E-state index in [9.17, 15) is 14.7 Å². The van der Waals surface area contributed by atoms with Gasteiger partial charge in [-0.25, -0.2) is 0 Å². The third-order valence-electron chi connectivity index (χ3n) is 5.15. The Kier molecular flexibility index (Phi) is 8.29. The van der Waals surface area contributed by atoms with E-state index in [0.717, 1.165) is 16.9 Å². The van der Waals surface area contributed by atoms with Gasteiger partial charge < -0.3 is 15.3 Å². The van der Waals surface area contributed by atoms with Crippen LogP contribution in [0.15, 0.2) is 48.5 Å². The number of phenols is 1. The molecular weight excluding hydrogens is 455 g/mol. The van der Waals surface area contributed by atoms with Crippen molar-refractivity contribution in [2.75, 3.05) is 25.1 Å². The standard InChI is InChI=1S/C23H24Cl2N2O3S/c1-31-13-10-21(26-22(29)19-7-4-17(24)14-20(19)25)23(30)27-11-8-16(9-12-27)15-2-5-18(28)6-3-15/h2-8,14,21,28H,9-13H2,1H3,(H,26,29). The summed E-state index contributed by atoms with van der Waals surface area (Å²) < 4.78 is 0. The number of nitrogens with zero attached hydrogens (tertiary/aromatic N) is 1. The quantitative estimate of drug-likeness (QED) is 0.595. The zero-order valence-corrected chi connectivity index (χ0v) is 19.4. The van der Waals surface area contributed by atoms with Crippen LogP contribution in [0.2, 0.25) is 10.0 Å². The molecule has 0 aliphatic carbocycles. The third-order valence-corrected chi connectivity index (χ3v) is 6.34. The summed E-state index contributed by atoms with van der Waals surface area (Å²) in [6.07, 6.45) is 5.23. The van der Waals surface area contributed by atoms with Crippen LogP contribution in [0.4, 0.5) is 0 Å². The third kappa shape index (κ3) is 6.19. The van der Waals surface area contributed by atoms with Gasteiger partial charge in [0.1, 0.15) is 11.8 Å². The molecule has 2 aromatic carbocycles. The minimum absolute atomic E-state index is 0.103. The van der Waals surface area contributed by atoms with Crippen molar-refractivity contribution < 1.29 is 14.7 Å². The van der Waals surface area contributed by atoms with E-state index >= 15 is 0 Å². The van der Waals surface area contributed by atoms with Crippen LogP contribution in [0.25, 0.3) is 5.57 Å². The Morgan fingerprint density at radius 3 is 2.55 bits per heavy atom. The Bertz CT molecular complexity index is 979. The molecule has 2 aromatic rings. The van der Waals surface area contributed by atoms with Crippen LogP contribution in [0.3, 0.4) is 0 Å². The van der Waals surface area contributed by atoms with Crippen molar-refractivity contribution in [3.8, 4) is 5.75 Å². The Balaban J connectivity index is 1.69. The second-order valence-electron chi connectivity index (χ2n) is 7.24. The molecule has 2 N–H and O–H groups in total. The number of rotatable bonds is 7. The van der Waals surface area contributed by atoms with Crippen molar-refractivity contribution in [3.63, 3.8) is 0 Å². The highest BCUT2D eigenvalue weighted by Crippen LogP contribution is 2.25. The van der Waals surface area contributed by atoms with Gasteiger partial charge in [0.05, 0.1) is 10.6 Å². The van der Waals surface area contributed by atoms with E-state index in [1.54, 1.807) is 40.9 Å². The molecule has 1 aliphatic rings. The van der Waals surface area contributed by atoms with E-state index in [2.05, 4.69) is 5.32 Å². The number of halogens is 2. The predicted molar refractivity (Wildman–Crippen MR) is 128 cm³/mol. The van der Waals surface area contributed by atoms with E-state index < -0.39 is 11.9 Å². The van der Waals surface area contributed by atoms with Crippen LogP contribution in [-0.2, 0) is 4.79 Å². The van der Waals surface area contributed by atoms with Crippen molar-refractivity contribution in [2.24, 2.45) is 0 Å². The molecule has 3 rings (SSSR count). The molecule has 0 saturated carbocycles. The molecule has 0 aromatic heterocycles. The molecule has 2 amide bonds. The minimum atomic E-state index is -0.629. The maximum atomic E-state index is 13.2. The maximum absolute atomic E-state index is 13.2. The summed E-state index contributed by atoms with van der Waals surface area (Å²) in [5.41, 5.74) is 2.47. The van der Waals surface area contributed by atoms with Crippen molar-refractivity contribution in [2.45, 2.75) is 18.9 Å². The van der Waals surface area contributed by atoms with Gasteiger partial charge in [-0.15, -0.1) is 0 Å². The van der Waals surface area contributed by atoms with Crippen LogP contribution < -0.4 is 5.32 Å². The predicted octanol–water partition coefficient (Wildman–Crippen LogP) is 4.87. The fraction of sp³-hybridized carbons (Fsp3) is 0.304. The molecule has 0 fully saturated rings. The molecule has 8 heteroatoms. The number of carbonyl (C=O) groups excluding carboxylic acids is 2. The molecule has 1 heterocycles. The van der Waals surface area contributed by atoms with Crippen molar-refractivity contribution in [1.29, 1.82) is 0 Å². The number of carbonyl (C=O) groups is 2. The highest BCUT2D eigenvalue weighted by molar-refractivity contribution is 7.98. The lowest BCUT2D eigenvalue weighted by atomic mass is 9.99. The molecule has 1 aliphatic heterocycles. The minimum Gasteiger partial charge on any atom is -0.508 e. The number of hydrogen-bond donors (Lipinski definition) is 2. The summed E-state index contributed by atoms with van der Waals surface area (Å²) in [5.74, 6) is 0.477. The van der Waals surface area contributed by atoms with Crippen LogP contribution >= 0.6 is 35.0 Å². The lowest BCUT2D eigenvalue weighted by Crippen LogP contribution is -2.50. The fourth-order valence-corrected chi connectivity index (χ4v) is 4.40. The normalized spacial score (nSPS) is 14.7. The number of thioether (sulfide) groups is 1. The molecule has 31 heavy (non-hydrogen) atoms. The molecular formula is C23H24Cl2N2O3S. The first-order valence-electron chi connectivity index (χ1n) is 9.91. The number of hydrogen-bond acceptors (Lipinski definition) is 4. The molecule has 1 unspecified atom stereocenters. The summed E-state index contributed by atoms with van der Waals surface area (Å²) in [6, 6.07) is 11.1. The van der Waals surface area contributed by atoms with Gasteiger partial charge in [0.2, 0.25) is 5.91 Å². The Morgan fingerprint density at radius 1 is 1.19 bits per heavy atom. The SMILES string of the molecule is CSCCC(NC(=O)c1ccc(Cl)cc1Cl)C(=O)N1CC=C(c2ccc(O)cc2)CC1. The second kappa shape index (κ2) is 10.9. The number of nitrogens with one attached hydrogen (secondary N) is 1. The molecule has 0 spiro atoms. The van der Waals surface area contributed by atoms with Gasteiger partial charge in [0, 0.05) is 18.1 Å². The molecule has 164 valence electrons. The van der Waals surface area contributed by atoms with Crippen LogP contribution in [-0.4, -0.2) is 53.0 Å². The second-order valence-corrected chi connectivity index (χ2v) is 9.07. The molecule has 0 radical (unpaired) electrons. The van der Waals surface area contributed by atoms with Crippen LogP contribution in [0, 0.1) is 0 Å². The Hall–Kier alpha value is -2.15. The van der Waals surface area contributed by atoms with Crippen molar-refractivity contribution in [3.05, 3.63) is 69.7 Å². The highest BCUT2D eigenvalue weighted by atomic mass is 35.5. The van der Waals surface area contributed by atoms with Gasteiger partial charge >= 0.3 is 0 Å². The van der Waals surface area contributed by atoms with Gasteiger partial charge in [-0.1, -0.05) is 41.4 Å². The topological polar surface area (TPSA) is 69.6 Å². The van der Waals surface area contributed by atoms with Crippen molar-refractivity contribution in [1.82, 2.24) is 10.2 Å². The summed E-state index contributed by atoms with van der Waals surface area (Å²) in [4.78, 5) is 27.7.